The van der Waals surface area contributed by atoms with Gasteiger partial charge in [-0.25, -0.2) is 13.7 Å². The molecule has 1 unspecified atom stereocenters. The topological polar surface area (TPSA) is 124 Å². The zero-order valence-electron chi connectivity index (χ0n) is 18.7. The molecule has 0 saturated carbocycles. The maximum absolute atomic E-state index is 13.8. The number of urea groups is 1. The van der Waals surface area contributed by atoms with Crippen molar-refractivity contribution in [1.82, 2.24) is 14.5 Å². The van der Waals surface area contributed by atoms with Crippen LogP contribution in [0.25, 0.3) is 0 Å². The van der Waals surface area contributed by atoms with Gasteiger partial charge in [-0.2, -0.15) is 5.10 Å². The molecule has 1 aliphatic heterocycles. The van der Waals surface area contributed by atoms with Crippen molar-refractivity contribution < 1.29 is 23.3 Å². The van der Waals surface area contributed by atoms with Crippen LogP contribution in [-0.2, 0) is 51.7 Å². The second-order valence-corrected chi connectivity index (χ2v) is 10.5. The number of hydrogen-bond acceptors (Lipinski definition) is 6. The first-order valence-corrected chi connectivity index (χ1v) is 12.6. The first-order chi connectivity index (χ1) is 15.9. The number of carbonyl (C=O) groups excluding carboxylic acids is 2. The maximum Gasteiger partial charge on any atom is 0.355 e. The van der Waals surface area contributed by atoms with Crippen molar-refractivity contribution in [2.75, 3.05) is 19.0 Å². The molecular weight excluding hydrogens is 446 g/mol. The molecule has 176 valence electrons. The van der Waals surface area contributed by atoms with Gasteiger partial charge in [0.15, 0.2) is 9.92 Å². The van der Waals surface area contributed by atoms with Crippen molar-refractivity contribution in [3.63, 3.8) is 0 Å². The van der Waals surface area contributed by atoms with Gasteiger partial charge in [0.1, 0.15) is 17.6 Å². The molecule has 2 aromatic rings. The number of fused-ring (bicyclic) bond motifs is 3. The van der Waals surface area contributed by atoms with Crippen molar-refractivity contribution in [3.8, 4) is 5.88 Å². The summed E-state index contributed by atoms with van der Waals surface area (Å²) in [5.74, 6) is -0.372. The first kappa shape index (κ1) is 21.9. The van der Waals surface area contributed by atoms with Crippen molar-refractivity contribution >= 4 is 27.5 Å². The van der Waals surface area contributed by atoms with E-state index >= 15 is 0 Å². The predicted molar refractivity (Wildman–Crippen MR) is 121 cm³/mol. The highest BCUT2D eigenvalue weighted by molar-refractivity contribution is 7.92. The summed E-state index contributed by atoms with van der Waals surface area (Å²) in [6.45, 7) is 1.86. The Morgan fingerprint density at radius 2 is 1.91 bits per heavy atom. The molecule has 3 amide bonds. The zero-order valence-corrected chi connectivity index (χ0v) is 19.5. The van der Waals surface area contributed by atoms with Gasteiger partial charge in [0.2, 0.25) is 11.8 Å². The zero-order chi connectivity index (χ0) is 23.2. The van der Waals surface area contributed by atoms with E-state index in [1.54, 1.807) is 7.11 Å². The quantitative estimate of drug-likeness (QED) is 0.703. The SMILES string of the molecule is CO[C@H]1COc2c(S(=O)(=NC(=O)Nc3c4c(cc5c3CCC5)CCC4)NC(C)=O)cnn2C1. The Balaban J connectivity index is 1.52. The van der Waals surface area contributed by atoms with E-state index in [9.17, 15) is 13.8 Å². The summed E-state index contributed by atoms with van der Waals surface area (Å²) in [7, 11) is -2.10. The summed E-state index contributed by atoms with van der Waals surface area (Å²) in [6.07, 6.45) is 6.98. The van der Waals surface area contributed by atoms with E-state index in [2.05, 4.69) is 25.6 Å². The maximum atomic E-state index is 13.8. The van der Waals surface area contributed by atoms with E-state index in [1.807, 2.05) is 0 Å². The van der Waals surface area contributed by atoms with E-state index < -0.39 is 21.9 Å². The summed E-state index contributed by atoms with van der Waals surface area (Å²) in [6, 6.07) is 1.50. The predicted octanol–water partition coefficient (Wildman–Crippen LogP) is 2.38. The average Bonchev–Trinajstić information content (AvgIpc) is 3.51. The molecular formula is C22H27N5O5S. The molecule has 1 aromatic carbocycles. The molecule has 0 bridgehead atoms. The number of benzene rings is 1. The summed E-state index contributed by atoms with van der Waals surface area (Å²) >= 11 is 0. The third-order valence-corrected chi connectivity index (χ3v) is 8.24. The number of rotatable bonds is 4. The summed E-state index contributed by atoms with van der Waals surface area (Å²) in [5.41, 5.74) is 5.61. The van der Waals surface area contributed by atoms with Gasteiger partial charge < -0.3 is 14.8 Å². The highest BCUT2D eigenvalue weighted by atomic mass is 32.2. The number of aryl methyl sites for hydroxylation is 2. The minimum atomic E-state index is -3.67. The molecule has 5 rings (SSSR count). The van der Waals surface area contributed by atoms with Gasteiger partial charge in [-0.1, -0.05) is 6.07 Å². The molecule has 11 heteroatoms. The van der Waals surface area contributed by atoms with Crippen LogP contribution in [0.5, 0.6) is 5.88 Å². The van der Waals surface area contributed by atoms with Crippen LogP contribution >= 0.6 is 0 Å². The molecule has 0 radical (unpaired) electrons. The standard InChI is InChI=1S/C22H27N5O5S/c1-13(28)25-33(30,19-10-23-27-11-16(31-2)12-32-21(19)27)26-22(29)24-20-17-7-3-5-14(17)9-15-6-4-8-18(15)20/h9-10,16H,3-8,11-12H2,1-2H3,(H2,24,25,26,28,29,30)/t16-,33?/m1/s1. The van der Waals surface area contributed by atoms with E-state index in [0.717, 1.165) is 55.3 Å². The summed E-state index contributed by atoms with van der Waals surface area (Å²) < 4.78 is 32.6. The van der Waals surface area contributed by atoms with Crippen molar-refractivity contribution in [3.05, 3.63) is 34.5 Å². The fourth-order valence-electron chi connectivity index (χ4n) is 4.92. The lowest BCUT2D eigenvalue weighted by atomic mass is 9.99. The highest BCUT2D eigenvalue weighted by Gasteiger charge is 2.31. The lowest BCUT2D eigenvalue weighted by Gasteiger charge is -2.23. The lowest BCUT2D eigenvalue weighted by molar-refractivity contribution is -0.117. The number of anilines is 1. The lowest BCUT2D eigenvalue weighted by Crippen LogP contribution is -2.34. The monoisotopic (exact) mass is 473 g/mol. The van der Waals surface area contributed by atoms with Crippen LogP contribution in [-0.4, -0.2) is 45.7 Å². The van der Waals surface area contributed by atoms with Gasteiger partial charge in [0.25, 0.3) is 0 Å². The number of amides is 3. The number of methoxy groups -OCH3 is 1. The molecule has 2 N–H and O–H groups in total. The molecule has 0 saturated heterocycles. The third-order valence-electron chi connectivity index (χ3n) is 6.37. The second kappa shape index (κ2) is 8.45. The third kappa shape index (κ3) is 3.99. The summed E-state index contributed by atoms with van der Waals surface area (Å²) in [4.78, 5) is 25.0. The van der Waals surface area contributed by atoms with Crippen molar-refractivity contribution in [1.29, 1.82) is 0 Å². The number of carbonyl (C=O) groups is 2. The average molecular weight is 474 g/mol. The Labute approximate surface area is 192 Å². The van der Waals surface area contributed by atoms with Gasteiger partial charge in [-0.3, -0.25) is 9.52 Å². The van der Waals surface area contributed by atoms with E-state index in [1.165, 1.54) is 28.9 Å². The number of nitrogens with one attached hydrogen (secondary N) is 2. The van der Waals surface area contributed by atoms with Crippen molar-refractivity contribution in [2.45, 2.75) is 63.0 Å². The minimum absolute atomic E-state index is 0.0610. The Morgan fingerprint density at radius 3 is 2.55 bits per heavy atom. The molecule has 2 aliphatic carbocycles. The Kier molecular flexibility index (Phi) is 5.61. The fourth-order valence-corrected chi connectivity index (χ4v) is 6.43. The normalized spacial score (nSPS) is 20.1. The molecule has 0 fully saturated rings. The molecule has 33 heavy (non-hydrogen) atoms. The van der Waals surface area contributed by atoms with Gasteiger partial charge in [-0.05, 0) is 60.8 Å². The highest BCUT2D eigenvalue weighted by Crippen LogP contribution is 2.39. The number of nitrogens with zero attached hydrogens (tertiary/aromatic N) is 3. The van der Waals surface area contributed by atoms with Crippen molar-refractivity contribution in [2.24, 2.45) is 4.36 Å². The van der Waals surface area contributed by atoms with Gasteiger partial charge in [0, 0.05) is 19.7 Å². The van der Waals surface area contributed by atoms with Gasteiger partial charge >= 0.3 is 6.03 Å². The van der Waals surface area contributed by atoms with E-state index in [0.29, 0.717) is 6.54 Å². The van der Waals surface area contributed by atoms with Crippen LogP contribution < -0.4 is 14.8 Å². The minimum Gasteiger partial charge on any atom is -0.474 e. The largest absolute Gasteiger partial charge is 0.474 e. The number of hydrogen-bond donors (Lipinski definition) is 2. The fraction of sp³-hybridized carbons (Fsp3) is 0.500. The molecule has 1 aromatic heterocycles. The Morgan fingerprint density at radius 1 is 1.21 bits per heavy atom. The first-order valence-electron chi connectivity index (χ1n) is 11.1. The van der Waals surface area contributed by atoms with Crippen LogP contribution in [0.4, 0.5) is 10.5 Å². The molecule has 2 atom stereocenters. The Bertz CT molecular complexity index is 1230. The Hall–Kier alpha value is -2.92. The van der Waals surface area contributed by atoms with Crippen LogP contribution in [0.1, 0.15) is 42.0 Å². The number of aromatic nitrogens is 2. The molecule has 3 aliphatic rings. The smallest absolute Gasteiger partial charge is 0.355 e. The van der Waals surface area contributed by atoms with Crippen LogP contribution in [0.2, 0.25) is 0 Å². The molecule has 10 nitrogen and oxygen atoms in total. The molecule has 2 heterocycles. The van der Waals surface area contributed by atoms with Crippen LogP contribution in [0.15, 0.2) is 21.5 Å². The summed E-state index contributed by atoms with van der Waals surface area (Å²) in [5, 5.41) is 7.11. The van der Waals surface area contributed by atoms with Gasteiger partial charge in [-0.15, -0.1) is 4.36 Å². The van der Waals surface area contributed by atoms with E-state index in [-0.39, 0.29) is 23.5 Å². The molecule has 0 spiro atoms. The van der Waals surface area contributed by atoms with Gasteiger partial charge in [0.05, 0.1) is 12.7 Å². The van der Waals surface area contributed by atoms with Crippen LogP contribution in [0.3, 0.4) is 0 Å². The second-order valence-electron chi connectivity index (χ2n) is 8.60. The van der Waals surface area contributed by atoms with E-state index in [4.69, 9.17) is 9.47 Å². The number of ether oxygens (including phenoxy) is 2. The van der Waals surface area contributed by atoms with Crippen LogP contribution in [0, 0.1) is 0 Å².